The molecule has 2 amide bonds. The van der Waals surface area contributed by atoms with E-state index in [1.54, 1.807) is 12.0 Å². The summed E-state index contributed by atoms with van der Waals surface area (Å²) in [7, 11) is 1.64. The molecule has 36 heavy (non-hydrogen) atoms. The average Bonchev–Trinajstić information content (AvgIpc) is 3.21. The highest BCUT2D eigenvalue weighted by molar-refractivity contribution is 6.14. The number of amides is 2. The van der Waals surface area contributed by atoms with Crippen molar-refractivity contribution in [2.45, 2.75) is 83.8 Å². The van der Waals surface area contributed by atoms with Crippen molar-refractivity contribution in [2.75, 3.05) is 12.0 Å². The number of ether oxygens (including phenoxy) is 1. The summed E-state index contributed by atoms with van der Waals surface area (Å²) in [6.45, 7) is 6.36. The van der Waals surface area contributed by atoms with E-state index in [4.69, 9.17) is 4.74 Å². The quantitative estimate of drug-likeness (QED) is 0.497. The van der Waals surface area contributed by atoms with E-state index in [1.807, 2.05) is 67.8 Å². The van der Waals surface area contributed by atoms with Gasteiger partial charge in [-0.1, -0.05) is 44.2 Å². The Bertz CT molecular complexity index is 1300. The number of nitrogens with one attached hydrogen (secondary N) is 1. The Morgan fingerprint density at radius 3 is 2.47 bits per heavy atom. The van der Waals surface area contributed by atoms with Crippen LogP contribution in [0.5, 0.6) is 5.75 Å². The van der Waals surface area contributed by atoms with Crippen LogP contribution in [-0.4, -0.2) is 35.1 Å². The summed E-state index contributed by atoms with van der Waals surface area (Å²) < 4.78 is 7.46. The summed E-state index contributed by atoms with van der Waals surface area (Å²) in [6, 6.07) is 13.9. The zero-order valence-electron chi connectivity index (χ0n) is 21.9. The van der Waals surface area contributed by atoms with Gasteiger partial charge in [0.2, 0.25) is 5.91 Å². The molecule has 1 aliphatic heterocycles. The predicted molar refractivity (Wildman–Crippen MR) is 144 cm³/mol. The fourth-order valence-corrected chi connectivity index (χ4v) is 5.89. The van der Waals surface area contributed by atoms with Crippen LogP contribution in [0.15, 0.2) is 42.5 Å². The monoisotopic (exact) mass is 487 g/mol. The summed E-state index contributed by atoms with van der Waals surface area (Å²) in [6.07, 6.45) is 7.97. The maximum Gasteiger partial charge on any atom is 0.275 e. The number of hydrogen-bond donors (Lipinski definition) is 1. The van der Waals surface area contributed by atoms with Crippen molar-refractivity contribution in [1.29, 1.82) is 0 Å². The van der Waals surface area contributed by atoms with E-state index in [9.17, 15) is 9.59 Å². The molecule has 1 N–H and O–H groups in total. The molecule has 1 atom stereocenters. The summed E-state index contributed by atoms with van der Waals surface area (Å²) in [5, 5.41) is 4.34. The van der Waals surface area contributed by atoms with E-state index in [2.05, 4.69) is 5.32 Å². The first-order chi connectivity index (χ1) is 17.3. The second-order valence-corrected chi connectivity index (χ2v) is 10.7. The van der Waals surface area contributed by atoms with Crippen LogP contribution in [0.3, 0.4) is 0 Å². The number of rotatable bonds is 4. The average molecular weight is 488 g/mol. The zero-order valence-corrected chi connectivity index (χ0v) is 21.9. The van der Waals surface area contributed by atoms with Crippen LogP contribution in [0, 0.1) is 13.8 Å². The minimum Gasteiger partial charge on any atom is -0.497 e. The molecule has 0 bridgehead atoms. The molecular weight excluding hydrogens is 450 g/mol. The van der Waals surface area contributed by atoms with E-state index in [1.165, 1.54) is 19.3 Å². The normalized spacial score (nSPS) is 21.1. The minimum absolute atomic E-state index is 0.0854. The summed E-state index contributed by atoms with van der Waals surface area (Å²) in [4.78, 5) is 30.1. The van der Waals surface area contributed by atoms with Crippen molar-refractivity contribution in [3.05, 3.63) is 59.3 Å². The highest BCUT2D eigenvalue weighted by Gasteiger charge is 2.49. The van der Waals surface area contributed by atoms with Gasteiger partial charge in [0.15, 0.2) is 0 Å². The molecule has 1 saturated carbocycles. The van der Waals surface area contributed by atoms with Crippen LogP contribution in [0.4, 0.5) is 5.69 Å². The second kappa shape index (κ2) is 9.64. The topological polar surface area (TPSA) is 63.6 Å². The summed E-state index contributed by atoms with van der Waals surface area (Å²) >= 11 is 0. The highest BCUT2D eigenvalue weighted by atomic mass is 16.5. The van der Waals surface area contributed by atoms with Gasteiger partial charge < -0.3 is 14.6 Å². The van der Waals surface area contributed by atoms with Crippen molar-refractivity contribution < 1.29 is 14.3 Å². The van der Waals surface area contributed by atoms with Crippen molar-refractivity contribution in [1.82, 2.24) is 9.88 Å². The Hall–Kier alpha value is -3.28. The van der Waals surface area contributed by atoms with Gasteiger partial charge in [0.05, 0.1) is 19.2 Å². The fourth-order valence-electron chi connectivity index (χ4n) is 5.89. The number of carbonyl (C=O) groups is 2. The van der Waals surface area contributed by atoms with Gasteiger partial charge >= 0.3 is 0 Å². The molecule has 2 heterocycles. The van der Waals surface area contributed by atoms with E-state index in [0.29, 0.717) is 12.2 Å². The molecule has 190 valence electrons. The SMILES string of the molecule is COc1ccc2cc3n(c2c1)CC(C)(C(=O)NC1CCCCCCC1)N(c1cccc(C)c1C)C3=O. The number of benzene rings is 2. The lowest BCUT2D eigenvalue weighted by Crippen LogP contribution is -2.65. The van der Waals surface area contributed by atoms with Gasteiger partial charge in [-0.05, 0) is 69.0 Å². The molecule has 6 nitrogen and oxygen atoms in total. The predicted octanol–water partition coefficient (Wildman–Crippen LogP) is 5.91. The number of fused-ring (bicyclic) bond motifs is 3. The third kappa shape index (κ3) is 4.16. The zero-order chi connectivity index (χ0) is 25.4. The molecule has 2 aliphatic rings. The number of aryl methyl sites for hydroxylation is 1. The van der Waals surface area contributed by atoms with Crippen LogP contribution in [0.1, 0.15) is 73.5 Å². The van der Waals surface area contributed by atoms with Crippen LogP contribution in [-0.2, 0) is 11.3 Å². The van der Waals surface area contributed by atoms with Gasteiger partial charge in [-0.2, -0.15) is 0 Å². The van der Waals surface area contributed by atoms with Crippen molar-refractivity contribution >= 4 is 28.4 Å². The summed E-state index contributed by atoms with van der Waals surface area (Å²) in [5.74, 6) is 0.492. The Balaban J connectivity index is 1.61. The number of aromatic nitrogens is 1. The van der Waals surface area contributed by atoms with E-state index in [-0.39, 0.29) is 17.9 Å². The molecule has 1 aliphatic carbocycles. The fraction of sp³-hybridized carbons (Fsp3) is 0.467. The molecule has 0 saturated heterocycles. The van der Waals surface area contributed by atoms with Crippen molar-refractivity contribution in [3.63, 3.8) is 0 Å². The van der Waals surface area contributed by atoms with Gasteiger partial charge in [0.1, 0.15) is 17.0 Å². The maximum atomic E-state index is 14.2. The Labute approximate surface area is 213 Å². The molecular formula is C30H37N3O3. The Morgan fingerprint density at radius 2 is 1.75 bits per heavy atom. The number of carbonyl (C=O) groups excluding carboxylic acids is 2. The lowest BCUT2D eigenvalue weighted by molar-refractivity contribution is -0.127. The lowest BCUT2D eigenvalue weighted by Gasteiger charge is -2.45. The Morgan fingerprint density at radius 1 is 1.03 bits per heavy atom. The third-order valence-electron chi connectivity index (χ3n) is 8.24. The first-order valence-electron chi connectivity index (χ1n) is 13.2. The van der Waals surface area contributed by atoms with Gasteiger partial charge in [-0.15, -0.1) is 0 Å². The van der Waals surface area contributed by atoms with Crippen LogP contribution in [0.25, 0.3) is 10.9 Å². The molecule has 5 rings (SSSR count). The molecule has 1 aromatic heterocycles. The third-order valence-corrected chi connectivity index (χ3v) is 8.24. The van der Waals surface area contributed by atoms with Crippen LogP contribution < -0.4 is 15.0 Å². The van der Waals surface area contributed by atoms with Gasteiger partial charge in [-0.25, -0.2) is 0 Å². The minimum atomic E-state index is -1.08. The number of methoxy groups -OCH3 is 1. The molecule has 0 spiro atoms. The molecule has 3 aromatic rings. The first kappa shape index (κ1) is 24.4. The smallest absolute Gasteiger partial charge is 0.275 e. The van der Waals surface area contributed by atoms with Crippen LogP contribution in [0.2, 0.25) is 0 Å². The number of hydrogen-bond acceptors (Lipinski definition) is 3. The molecule has 1 unspecified atom stereocenters. The largest absolute Gasteiger partial charge is 0.497 e. The Kier molecular flexibility index (Phi) is 6.54. The van der Waals surface area contributed by atoms with E-state index in [0.717, 1.165) is 59.2 Å². The van der Waals surface area contributed by atoms with E-state index < -0.39 is 5.54 Å². The molecule has 1 fully saturated rings. The number of nitrogens with zero attached hydrogens (tertiary/aromatic N) is 2. The van der Waals surface area contributed by atoms with Gasteiger partial charge in [0.25, 0.3) is 5.91 Å². The van der Waals surface area contributed by atoms with Crippen molar-refractivity contribution in [2.24, 2.45) is 0 Å². The van der Waals surface area contributed by atoms with Crippen LogP contribution >= 0.6 is 0 Å². The van der Waals surface area contributed by atoms with Crippen molar-refractivity contribution in [3.8, 4) is 5.75 Å². The maximum absolute atomic E-state index is 14.2. The van der Waals surface area contributed by atoms with E-state index >= 15 is 0 Å². The molecule has 6 heteroatoms. The summed E-state index contributed by atoms with van der Waals surface area (Å²) in [5.41, 5.74) is 3.32. The van der Waals surface area contributed by atoms with Gasteiger partial charge in [-0.3, -0.25) is 14.5 Å². The molecule has 2 aromatic carbocycles. The standard InChI is InChI=1S/C30H37N3O3/c1-20-11-10-14-25(21(20)2)33-28(34)27-17-22-15-16-24(36-4)18-26(22)32(27)19-30(33,3)29(35)31-23-12-8-6-5-7-9-13-23/h10-11,14-18,23H,5-9,12-13,19H2,1-4H3,(H,31,35). The highest BCUT2D eigenvalue weighted by Crippen LogP contribution is 2.38. The molecule has 0 radical (unpaired) electrons. The van der Waals surface area contributed by atoms with Gasteiger partial charge in [0, 0.05) is 23.2 Å². The second-order valence-electron chi connectivity index (χ2n) is 10.7. The first-order valence-corrected chi connectivity index (χ1v) is 13.2. The lowest BCUT2D eigenvalue weighted by atomic mass is 9.90. The number of anilines is 1.